The first-order valence-electron chi connectivity index (χ1n) is 6.08. The van der Waals surface area contributed by atoms with E-state index >= 15 is 0 Å². The Morgan fingerprint density at radius 1 is 1.40 bits per heavy atom. The molecular weight excluding hydrogens is 280 g/mol. The van der Waals surface area contributed by atoms with Gasteiger partial charge in [-0.2, -0.15) is 0 Å². The number of rotatable bonds is 2. The summed E-state index contributed by atoms with van der Waals surface area (Å²) in [5.41, 5.74) is 7.04. The van der Waals surface area contributed by atoms with Crippen LogP contribution in [0.25, 0.3) is 0 Å². The normalized spacial score (nSPS) is 15.2. The minimum Gasteiger partial charge on any atom is -0.409 e. The van der Waals surface area contributed by atoms with E-state index in [2.05, 4.69) is 20.3 Å². The monoisotopic (exact) mass is 292 g/mol. The van der Waals surface area contributed by atoms with Crippen LogP contribution in [0, 0.1) is 0 Å². The van der Waals surface area contributed by atoms with Gasteiger partial charge in [0, 0.05) is 24.3 Å². The number of nitrogens with zero attached hydrogens (tertiary/aromatic N) is 5. The van der Waals surface area contributed by atoms with Gasteiger partial charge in [0.1, 0.15) is 6.33 Å². The fraction of sp³-hybridized carbons (Fsp3) is 0.250. The lowest BCUT2D eigenvalue weighted by Gasteiger charge is -2.29. The predicted molar refractivity (Wildman–Crippen MR) is 75.0 cm³/mol. The maximum Gasteiger partial charge on any atom is 0.171 e. The number of nitrogens with two attached hydrogens (primary N) is 1. The van der Waals surface area contributed by atoms with Crippen molar-refractivity contribution in [1.82, 2.24) is 14.8 Å². The zero-order chi connectivity index (χ0) is 14.1. The number of halogens is 1. The molecule has 0 bridgehead atoms. The number of hydrogen-bond donors (Lipinski definition) is 2. The van der Waals surface area contributed by atoms with Crippen molar-refractivity contribution < 1.29 is 5.21 Å². The molecule has 3 N–H and O–H groups in total. The zero-order valence-electron chi connectivity index (χ0n) is 10.6. The number of hydrogen-bond acceptors (Lipinski definition) is 5. The number of fused-ring (bicyclic) bond motifs is 1. The zero-order valence-corrected chi connectivity index (χ0v) is 11.3. The van der Waals surface area contributed by atoms with Gasteiger partial charge in [0.05, 0.1) is 11.6 Å². The molecule has 1 aromatic heterocycles. The smallest absolute Gasteiger partial charge is 0.171 e. The third-order valence-corrected chi connectivity index (χ3v) is 3.65. The minimum atomic E-state index is -0.0000581. The van der Waals surface area contributed by atoms with E-state index < -0.39 is 0 Å². The lowest BCUT2D eigenvalue weighted by molar-refractivity contribution is 0.318. The Balaban J connectivity index is 1.87. The lowest BCUT2D eigenvalue weighted by Crippen LogP contribution is -2.33. The Morgan fingerprint density at radius 2 is 2.25 bits per heavy atom. The standard InChI is InChI=1S/C12H13ClN6O/c13-10-5-8(1-2-9(10)12(14)17-20)18-3-4-19-7-15-16-11(19)6-18/h1-2,5,7,20H,3-4,6H2,(H2,14,17). The van der Waals surface area contributed by atoms with Crippen LogP contribution in [0.1, 0.15) is 11.4 Å². The summed E-state index contributed by atoms with van der Waals surface area (Å²) in [5, 5.41) is 20.1. The van der Waals surface area contributed by atoms with Gasteiger partial charge in [-0.1, -0.05) is 16.8 Å². The predicted octanol–water partition coefficient (Wildman–Crippen LogP) is 1.05. The van der Waals surface area contributed by atoms with E-state index in [9.17, 15) is 0 Å². The van der Waals surface area contributed by atoms with E-state index in [0.29, 0.717) is 17.1 Å². The number of benzene rings is 1. The molecular formula is C12H13ClN6O. The van der Waals surface area contributed by atoms with Crippen LogP contribution in [0.15, 0.2) is 29.7 Å². The third-order valence-electron chi connectivity index (χ3n) is 3.34. The quantitative estimate of drug-likeness (QED) is 0.373. The molecule has 3 rings (SSSR count). The van der Waals surface area contributed by atoms with Gasteiger partial charge in [-0.15, -0.1) is 10.2 Å². The van der Waals surface area contributed by atoms with Gasteiger partial charge in [-0.25, -0.2) is 0 Å². The van der Waals surface area contributed by atoms with Crippen LogP contribution in [0.3, 0.4) is 0 Å². The molecule has 0 spiro atoms. The van der Waals surface area contributed by atoms with Crippen molar-refractivity contribution in [2.45, 2.75) is 13.1 Å². The second-order valence-electron chi connectivity index (χ2n) is 4.51. The van der Waals surface area contributed by atoms with Gasteiger partial charge in [0.15, 0.2) is 11.7 Å². The highest BCUT2D eigenvalue weighted by Gasteiger charge is 2.18. The molecule has 0 unspecified atom stereocenters. The molecule has 0 radical (unpaired) electrons. The van der Waals surface area contributed by atoms with Crippen LogP contribution in [0.2, 0.25) is 5.02 Å². The van der Waals surface area contributed by atoms with Crippen LogP contribution < -0.4 is 10.6 Å². The lowest BCUT2D eigenvalue weighted by atomic mass is 10.1. The molecule has 20 heavy (non-hydrogen) atoms. The minimum absolute atomic E-state index is 0.0000581. The summed E-state index contributed by atoms with van der Waals surface area (Å²) in [6, 6.07) is 5.44. The molecule has 8 heteroatoms. The fourth-order valence-corrected chi connectivity index (χ4v) is 2.52. The molecule has 0 saturated carbocycles. The van der Waals surface area contributed by atoms with Gasteiger partial charge < -0.3 is 20.4 Å². The van der Waals surface area contributed by atoms with Gasteiger partial charge in [-0.05, 0) is 18.2 Å². The van der Waals surface area contributed by atoms with Gasteiger partial charge in [0.25, 0.3) is 0 Å². The van der Waals surface area contributed by atoms with Gasteiger partial charge in [-0.3, -0.25) is 0 Å². The largest absolute Gasteiger partial charge is 0.409 e. The number of anilines is 1. The SMILES string of the molecule is NC(=NO)c1ccc(N2CCn3cnnc3C2)cc1Cl. The first kappa shape index (κ1) is 12.7. The number of aromatic nitrogens is 3. The number of amidine groups is 1. The highest BCUT2D eigenvalue weighted by molar-refractivity contribution is 6.34. The summed E-state index contributed by atoms with van der Waals surface area (Å²) < 4.78 is 2.03. The third kappa shape index (κ3) is 2.16. The summed E-state index contributed by atoms with van der Waals surface area (Å²) in [6.45, 7) is 2.37. The Morgan fingerprint density at radius 3 is 3.00 bits per heavy atom. The molecule has 2 aromatic rings. The van der Waals surface area contributed by atoms with Crippen LogP contribution in [0.4, 0.5) is 5.69 Å². The highest BCUT2D eigenvalue weighted by atomic mass is 35.5. The molecule has 0 aliphatic carbocycles. The molecule has 0 atom stereocenters. The van der Waals surface area contributed by atoms with E-state index in [4.69, 9.17) is 22.5 Å². The molecule has 0 amide bonds. The average molecular weight is 293 g/mol. The summed E-state index contributed by atoms with van der Waals surface area (Å²) in [4.78, 5) is 2.16. The molecule has 1 aliphatic heterocycles. The van der Waals surface area contributed by atoms with E-state index in [0.717, 1.165) is 24.6 Å². The van der Waals surface area contributed by atoms with Crippen molar-refractivity contribution in [3.05, 3.63) is 40.9 Å². The second kappa shape index (κ2) is 5.01. The maximum atomic E-state index is 8.69. The molecule has 0 saturated heterocycles. The average Bonchev–Trinajstić information content (AvgIpc) is 2.93. The van der Waals surface area contributed by atoms with Crippen molar-refractivity contribution in [3.63, 3.8) is 0 Å². The molecule has 0 fully saturated rings. The van der Waals surface area contributed by atoms with Crippen LogP contribution in [-0.2, 0) is 13.1 Å². The van der Waals surface area contributed by atoms with Crippen LogP contribution >= 0.6 is 11.6 Å². The molecule has 104 valence electrons. The summed E-state index contributed by atoms with van der Waals surface area (Å²) >= 11 is 6.17. The van der Waals surface area contributed by atoms with Crippen molar-refractivity contribution in [2.24, 2.45) is 10.9 Å². The van der Waals surface area contributed by atoms with E-state index in [-0.39, 0.29) is 5.84 Å². The number of oxime groups is 1. The van der Waals surface area contributed by atoms with Crippen molar-refractivity contribution in [2.75, 3.05) is 11.4 Å². The Kier molecular flexibility index (Phi) is 3.19. The van der Waals surface area contributed by atoms with Crippen molar-refractivity contribution in [3.8, 4) is 0 Å². The summed E-state index contributed by atoms with van der Waals surface area (Å²) in [5.74, 6) is 0.924. The maximum absolute atomic E-state index is 8.69. The van der Waals surface area contributed by atoms with Gasteiger partial charge >= 0.3 is 0 Å². The first-order chi connectivity index (χ1) is 9.69. The van der Waals surface area contributed by atoms with Gasteiger partial charge in [0.2, 0.25) is 0 Å². The van der Waals surface area contributed by atoms with E-state index in [1.54, 1.807) is 18.5 Å². The van der Waals surface area contributed by atoms with Crippen LogP contribution in [-0.4, -0.2) is 32.4 Å². The molecule has 7 nitrogen and oxygen atoms in total. The van der Waals surface area contributed by atoms with Crippen molar-refractivity contribution >= 4 is 23.1 Å². The summed E-state index contributed by atoms with van der Waals surface area (Å²) in [6.07, 6.45) is 1.74. The van der Waals surface area contributed by atoms with Crippen LogP contribution in [0.5, 0.6) is 0 Å². The Bertz CT molecular complexity index is 668. The Labute approximate surface area is 120 Å². The molecule has 1 aromatic carbocycles. The summed E-state index contributed by atoms with van der Waals surface area (Å²) in [7, 11) is 0. The Hall–Kier alpha value is -2.28. The van der Waals surface area contributed by atoms with E-state index in [1.165, 1.54) is 0 Å². The fourth-order valence-electron chi connectivity index (χ4n) is 2.25. The topological polar surface area (TPSA) is 92.6 Å². The molecule has 1 aliphatic rings. The van der Waals surface area contributed by atoms with E-state index in [1.807, 2.05) is 10.6 Å². The first-order valence-corrected chi connectivity index (χ1v) is 6.46. The molecule has 2 heterocycles. The van der Waals surface area contributed by atoms with Crippen molar-refractivity contribution in [1.29, 1.82) is 0 Å². The highest BCUT2D eigenvalue weighted by Crippen LogP contribution is 2.26. The second-order valence-corrected chi connectivity index (χ2v) is 4.92.